The van der Waals surface area contributed by atoms with E-state index in [4.69, 9.17) is 9.47 Å². The van der Waals surface area contributed by atoms with Crippen molar-refractivity contribution in [1.82, 2.24) is 0 Å². The summed E-state index contributed by atoms with van der Waals surface area (Å²) in [7, 11) is 0. The Kier molecular flexibility index (Phi) is 4.85. The minimum Gasteiger partial charge on any atom is -0.470 e. The lowest BCUT2D eigenvalue weighted by Gasteiger charge is -2.32. The molecule has 0 aliphatic carbocycles. The van der Waals surface area contributed by atoms with Gasteiger partial charge in [0.05, 0.1) is 6.61 Å². The molecule has 0 bridgehead atoms. The quantitative estimate of drug-likeness (QED) is 0.584. The molecule has 0 N–H and O–H groups in total. The van der Waals surface area contributed by atoms with E-state index < -0.39 is 41.1 Å². The number of benzene rings is 1. The molecule has 0 saturated carbocycles. The Balaban J connectivity index is 2.70. The maximum atomic E-state index is 13.9. The Morgan fingerprint density at radius 1 is 1.32 bits per heavy atom. The molecule has 1 aromatic rings. The third-order valence-electron chi connectivity index (χ3n) is 4.47. The van der Waals surface area contributed by atoms with Gasteiger partial charge in [-0.25, -0.2) is 13.6 Å². The van der Waals surface area contributed by atoms with Gasteiger partial charge in [-0.3, -0.25) is 0 Å². The first-order chi connectivity index (χ1) is 11.5. The van der Waals surface area contributed by atoms with E-state index >= 15 is 0 Å². The molecule has 1 heterocycles. The fourth-order valence-corrected chi connectivity index (χ4v) is 2.78. The summed E-state index contributed by atoms with van der Waals surface area (Å²) in [5.74, 6) is -5.38. The number of rotatable bonds is 3. The third-order valence-corrected chi connectivity index (χ3v) is 4.47. The summed E-state index contributed by atoms with van der Waals surface area (Å²) in [5, 5.41) is 0. The number of hydrogen-bond acceptors (Lipinski definition) is 3. The molecule has 1 aliphatic rings. The zero-order valence-corrected chi connectivity index (χ0v) is 14.1. The standard InChI is InChI=1S/C17H17F5O3/c1-5-24-15(23)14-12(9(3)16(4,25-14)17(20,21)22)10-6-7-11(18)13(19)8(10)2/h6-7,9H,5H2,1-4H3. The van der Waals surface area contributed by atoms with Crippen LogP contribution in [0.15, 0.2) is 17.9 Å². The lowest BCUT2D eigenvalue weighted by atomic mass is 9.81. The van der Waals surface area contributed by atoms with E-state index in [9.17, 15) is 26.7 Å². The normalized spacial score (nSPS) is 23.6. The van der Waals surface area contributed by atoms with Gasteiger partial charge in [-0.05, 0) is 38.0 Å². The van der Waals surface area contributed by atoms with Crippen LogP contribution in [-0.4, -0.2) is 24.4 Å². The average molecular weight is 364 g/mol. The van der Waals surface area contributed by atoms with Crippen molar-refractivity contribution < 1.29 is 36.2 Å². The summed E-state index contributed by atoms with van der Waals surface area (Å²) >= 11 is 0. The van der Waals surface area contributed by atoms with Crippen molar-refractivity contribution in [3.8, 4) is 0 Å². The molecule has 0 saturated heterocycles. The Hall–Kier alpha value is -2.12. The predicted molar refractivity (Wildman–Crippen MR) is 79.4 cm³/mol. The second kappa shape index (κ2) is 6.31. The maximum Gasteiger partial charge on any atom is 0.428 e. The van der Waals surface area contributed by atoms with Crippen LogP contribution in [0.1, 0.15) is 31.9 Å². The minimum absolute atomic E-state index is 0.0255. The number of carbonyl (C=O) groups is 1. The molecule has 8 heteroatoms. The van der Waals surface area contributed by atoms with E-state index in [1.165, 1.54) is 20.8 Å². The van der Waals surface area contributed by atoms with Gasteiger partial charge in [0.1, 0.15) is 0 Å². The summed E-state index contributed by atoms with van der Waals surface area (Å²) < 4.78 is 77.6. The molecule has 0 aromatic heterocycles. The van der Waals surface area contributed by atoms with E-state index in [0.29, 0.717) is 0 Å². The summed E-state index contributed by atoms with van der Waals surface area (Å²) in [6.45, 7) is 4.66. The number of alkyl halides is 3. The number of esters is 1. The van der Waals surface area contributed by atoms with E-state index in [1.807, 2.05) is 0 Å². The van der Waals surface area contributed by atoms with Crippen molar-refractivity contribution in [2.24, 2.45) is 5.92 Å². The van der Waals surface area contributed by atoms with Gasteiger partial charge < -0.3 is 9.47 Å². The Labute approximate surface area is 141 Å². The zero-order valence-electron chi connectivity index (χ0n) is 14.1. The lowest BCUT2D eigenvalue weighted by Crippen LogP contribution is -2.47. The van der Waals surface area contributed by atoms with Crippen molar-refractivity contribution >= 4 is 11.5 Å². The Bertz CT molecular complexity index is 739. The highest BCUT2D eigenvalue weighted by Gasteiger charge is 2.63. The van der Waals surface area contributed by atoms with Crippen molar-refractivity contribution in [2.45, 2.75) is 39.5 Å². The third kappa shape index (κ3) is 2.98. The highest BCUT2D eigenvalue weighted by atomic mass is 19.4. The Morgan fingerprint density at radius 3 is 2.44 bits per heavy atom. The zero-order chi connectivity index (χ0) is 19.2. The van der Waals surface area contributed by atoms with Crippen molar-refractivity contribution in [3.63, 3.8) is 0 Å². The van der Waals surface area contributed by atoms with Gasteiger partial charge in [-0.2, -0.15) is 13.2 Å². The maximum absolute atomic E-state index is 13.9. The molecule has 0 radical (unpaired) electrons. The largest absolute Gasteiger partial charge is 0.470 e. The molecule has 0 amide bonds. The van der Waals surface area contributed by atoms with E-state index in [1.54, 1.807) is 0 Å². The molecule has 2 unspecified atom stereocenters. The molecule has 0 fully saturated rings. The second-order valence-electron chi connectivity index (χ2n) is 5.93. The van der Waals surface area contributed by atoms with Crippen LogP contribution in [-0.2, 0) is 14.3 Å². The molecule has 2 atom stereocenters. The van der Waals surface area contributed by atoms with Crippen LogP contribution >= 0.6 is 0 Å². The molecular formula is C17H17F5O3. The molecule has 0 spiro atoms. The van der Waals surface area contributed by atoms with E-state index in [2.05, 4.69) is 0 Å². The molecule has 2 rings (SSSR count). The van der Waals surface area contributed by atoms with Crippen molar-refractivity contribution in [1.29, 1.82) is 0 Å². The van der Waals surface area contributed by atoms with Crippen molar-refractivity contribution in [2.75, 3.05) is 6.61 Å². The SMILES string of the molecule is CCOC(=O)C1=C(c2ccc(F)c(F)c2C)C(C)C(C)(C(F)(F)F)O1. The minimum atomic E-state index is -4.79. The van der Waals surface area contributed by atoms with Gasteiger partial charge in [0, 0.05) is 11.5 Å². The first-order valence-corrected chi connectivity index (χ1v) is 7.57. The smallest absolute Gasteiger partial charge is 0.428 e. The fraction of sp³-hybridized carbons (Fsp3) is 0.471. The van der Waals surface area contributed by atoms with Crippen LogP contribution in [0.5, 0.6) is 0 Å². The number of carbonyl (C=O) groups excluding carboxylic acids is 1. The van der Waals surface area contributed by atoms with Gasteiger partial charge in [-0.15, -0.1) is 0 Å². The first kappa shape index (κ1) is 19.2. The summed E-state index contributed by atoms with van der Waals surface area (Å²) in [4.78, 5) is 12.1. The van der Waals surface area contributed by atoms with E-state index in [0.717, 1.165) is 19.1 Å². The second-order valence-corrected chi connectivity index (χ2v) is 5.93. The molecule has 138 valence electrons. The molecular weight excluding hydrogens is 347 g/mol. The van der Waals surface area contributed by atoms with Gasteiger partial charge in [-0.1, -0.05) is 13.0 Å². The van der Waals surface area contributed by atoms with Crippen LogP contribution in [0.25, 0.3) is 5.57 Å². The highest BCUT2D eigenvalue weighted by molar-refractivity contribution is 5.98. The van der Waals surface area contributed by atoms with Gasteiger partial charge in [0.15, 0.2) is 11.6 Å². The average Bonchev–Trinajstić information content (AvgIpc) is 2.79. The fourth-order valence-electron chi connectivity index (χ4n) is 2.78. The topological polar surface area (TPSA) is 35.5 Å². The molecule has 3 nitrogen and oxygen atoms in total. The molecule has 1 aliphatic heterocycles. The number of ether oxygens (including phenoxy) is 2. The van der Waals surface area contributed by atoms with Crippen LogP contribution in [0.3, 0.4) is 0 Å². The summed E-state index contributed by atoms with van der Waals surface area (Å²) in [6.07, 6.45) is -4.79. The van der Waals surface area contributed by atoms with Crippen LogP contribution in [0.4, 0.5) is 22.0 Å². The van der Waals surface area contributed by atoms with Crippen LogP contribution in [0, 0.1) is 24.5 Å². The van der Waals surface area contributed by atoms with Gasteiger partial charge >= 0.3 is 12.1 Å². The number of halogens is 5. The molecule has 25 heavy (non-hydrogen) atoms. The highest BCUT2D eigenvalue weighted by Crippen LogP contribution is 2.52. The summed E-state index contributed by atoms with van der Waals surface area (Å²) in [6, 6.07) is 1.92. The monoisotopic (exact) mass is 364 g/mol. The predicted octanol–water partition coefficient (Wildman–Crippen LogP) is 4.53. The first-order valence-electron chi connectivity index (χ1n) is 7.57. The van der Waals surface area contributed by atoms with Gasteiger partial charge in [0.2, 0.25) is 11.4 Å². The number of hydrogen-bond donors (Lipinski definition) is 0. The molecule has 1 aromatic carbocycles. The van der Waals surface area contributed by atoms with Crippen molar-refractivity contribution in [3.05, 3.63) is 40.7 Å². The summed E-state index contributed by atoms with van der Waals surface area (Å²) in [5.41, 5.74) is -3.09. The van der Waals surface area contributed by atoms with Crippen LogP contribution < -0.4 is 0 Å². The van der Waals surface area contributed by atoms with Gasteiger partial charge in [0.25, 0.3) is 0 Å². The van der Waals surface area contributed by atoms with E-state index in [-0.39, 0.29) is 23.3 Å². The lowest BCUT2D eigenvalue weighted by molar-refractivity contribution is -0.262. The Morgan fingerprint density at radius 2 is 1.92 bits per heavy atom. The van der Waals surface area contributed by atoms with Crippen LogP contribution in [0.2, 0.25) is 0 Å².